The predicted molar refractivity (Wildman–Crippen MR) is 74.9 cm³/mol. The summed E-state index contributed by atoms with van der Waals surface area (Å²) in [5.41, 5.74) is 0.850. The Labute approximate surface area is 117 Å². The van der Waals surface area contributed by atoms with Crippen LogP contribution < -0.4 is 4.72 Å². The smallest absolute Gasteiger partial charge is 0.240 e. The number of benzene rings is 1. The van der Waals surface area contributed by atoms with Crippen molar-refractivity contribution in [3.63, 3.8) is 0 Å². The van der Waals surface area contributed by atoms with E-state index in [1.54, 1.807) is 12.1 Å². The van der Waals surface area contributed by atoms with Gasteiger partial charge in [0.15, 0.2) is 0 Å². The summed E-state index contributed by atoms with van der Waals surface area (Å²) in [4.78, 5) is 0.210. The van der Waals surface area contributed by atoms with E-state index in [-0.39, 0.29) is 17.4 Å². The minimum absolute atomic E-state index is 0.0290. The average molecular weight is 336 g/mol. The fourth-order valence-electron chi connectivity index (χ4n) is 1.44. The fraction of sp³-hybridized carbons (Fsp3) is 0.500. The number of nitrogens with one attached hydrogen (secondary N) is 1. The molecule has 0 aromatic heterocycles. The zero-order valence-corrected chi connectivity index (χ0v) is 13.0. The molecule has 102 valence electrons. The normalized spacial score (nSPS) is 13.9. The van der Waals surface area contributed by atoms with Crippen LogP contribution in [-0.2, 0) is 10.0 Å². The molecular formula is C12H18BrNO3S. The van der Waals surface area contributed by atoms with Gasteiger partial charge >= 0.3 is 0 Å². The Morgan fingerprint density at radius 3 is 2.44 bits per heavy atom. The SMILES string of the molecule is Cc1cc(S(=O)(=O)N[C@H](CO)C(C)C)ccc1Br. The van der Waals surface area contributed by atoms with E-state index in [9.17, 15) is 13.5 Å². The highest BCUT2D eigenvalue weighted by atomic mass is 79.9. The predicted octanol–water partition coefficient (Wildman–Crippen LogP) is 2.05. The summed E-state index contributed by atoms with van der Waals surface area (Å²) in [5, 5.41) is 9.17. The molecular weight excluding hydrogens is 318 g/mol. The molecule has 1 aromatic rings. The quantitative estimate of drug-likeness (QED) is 0.865. The second-order valence-electron chi connectivity index (χ2n) is 4.57. The molecule has 2 N–H and O–H groups in total. The van der Waals surface area contributed by atoms with Gasteiger partial charge in [-0.05, 0) is 36.6 Å². The van der Waals surface area contributed by atoms with Crippen LogP contribution in [0.3, 0.4) is 0 Å². The summed E-state index contributed by atoms with van der Waals surface area (Å²) in [7, 11) is -3.59. The minimum atomic E-state index is -3.59. The molecule has 0 fully saturated rings. The van der Waals surface area contributed by atoms with Crippen molar-refractivity contribution in [1.29, 1.82) is 0 Å². The van der Waals surface area contributed by atoms with Gasteiger partial charge in [0.1, 0.15) is 0 Å². The van der Waals surface area contributed by atoms with Crippen LogP contribution in [0, 0.1) is 12.8 Å². The largest absolute Gasteiger partial charge is 0.395 e. The Kier molecular flexibility index (Phi) is 5.33. The lowest BCUT2D eigenvalue weighted by molar-refractivity contribution is 0.227. The maximum absolute atomic E-state index is 12.1. The fourth-order valence-corrected chi connectivity index (χ4v) is 3.14. The van der Waals surface area contributed by atoms with Gasteiger partial charge in [0, 0.05) is 10.5 Å². The van der Waals surface area contributed by atoms with Crippen molar-refractivity contribution in [2.45, 2.75) is 31.7 Å². The number of aliphatic hydroxyl groups is 1. The van der Waals surface area contributed by atoms with Crippen molar-refractivity contribution in [3.8, 4) is 0 Å². The molecule has 1 rings (SSSR count). The third-order valence-electron chi connectivity index (χ3n) is 2.75. The number of aryl methyl sites for hydroxylation is 1. The molecule has 0 heterocycles. The molecule has 0 aliphatic heterocycles. The molecule has 1 atom stereocenters. The second kappa shape index (κ2) is 6.14. The van der Waals surface area contributed by atoms with E-state index in [1.807, 2.05) is 20.8 Å². The van der Waals surface area contributed by atoms with E-state index < -0.39 is 16.1 Å². The van der Waals surface area contributed by atoms with E-state index in [1.165, 1.54) is 6.07 Å². The monoisotopic (exact) mass is 335 g/mol. The number of sulfonamides is 1. The molecule has 6 heteroatoms. The summed E-state index contributed by atoms with van der Waals surface area (Å²) in [6, 6.07) is 4.36. The zero-order chi connectivity index (χ0) is 13.9. The second-order valence-corrected chi connectivity index (χ2v) is 7.13. The third kappa shape index (κ3) is 3.78. The Hall–Kier alpha value is -0.430. The van der Waals surface area contributed by atoms with Crippen LogP contribution in [0.4, 0.5) is 0 Å². The molecule has 4 nitrogen and oxygen atoms in total. The Morgan fingerprint density at radius 2 is 2.00 bits per heavy atom. The highest BCUT2D eigenvalue weighted by Gasteiger charge is 2.22. The maximum atomic E-state index is 12.1. The first-order valence-corrected chi connectivity index (χ1v) is 7.95. The summed E-state index contributed by atoms with van der Waals surface area (Å²) >= 11 is 3.33. The van der Waals surface area contributed by atoms with Crippen LogP contribution in [0.15, 0.2) is 27.6 Å². The van der Waals surface area contributed by atoms with Crippen molar-refractivity contribution in [1.82, 2.24) is 4.72 Å². The number of halogens is 1. The third-order valence-corrected chi connectivity index (χ3v) is 5.13. The first-order valence-electron chi connectivity index (χ1n) is 5.67. The van der Waals surface area contributed by atoms with Crippen molar-refractivity contribution < 1.29 is 13.5 Å². The van der Waals surface area contributed by atoms with Gasteiger partial charge in [0.05, 0.1) is 11.5 Å². The topological polar surface area (TPSA) is 66.4 Å². The van der Waals surface area contributed by atoms with Crippen molar-refractivity contribution in [2.24, 2.45) is 5.92 Å². The van der Waals surface area contributed by atoms with Crippen molar-refractivity contribution >= 4 is 26.0 Å². The number of rotatable bonds is 5. The minimum Gasteiger partial charge on any atom is -0.395 e. The number of hydrogen-bond acceptors (Lipinski definition) is 3. The zero-order valence-electron chi connectivity index (χ0n) is 10.6. The van der Waals surface area contributed by atoms with Crippen LogP contribution in [0.2, 0.25) is 0 Å². The van der Waals surface area contributed by atoms with Crippen LogP contribution in [0.25, 0.3) is 0 Å². The molecule has 0 spiro atoms. The van der Waals surface area contributed by atoms with E-state index in [2.05, 4.69) is 20.7 Å². The molecule has 0 aliphatic carbocycles. The molecule has 0 saturated heterocycles. The summed E-state index contributed by atoms with van der Waals surface area (Å²) in [6.45, 7) is 5.33. The van der Waals surface area contributed by atoms with E-state index in [0.29, 0.717) is 0 Å². The van der Waals surface area contributed by atoms with Gasteiger partial charge in [0.25, 0.3) is 0 Å². The van der Waals surface area contributed by atoms with Crippen LogP contribution in [0.5, 0.6) is 0 Å². The average Bonchev–Trinajstić information content (AvgIpc) is 2.29. The molecule has 0 radical (unpaired) electrons. The first kappa shape index (κ1) is 15.6. The van der Waals surface area contributed by atoms with Crippen LogP contribution in [0.1, 0.15) is 19.4 Å². The van der Waals surface area contributed by atoms with Crippen molar-refractivity contribution in [2.75, 3.05) is 6.61 Å². The van der Waals surface area contributed by atoms with Crippen LogP contribution >= 0.6 is 15.9 Å². The van der Waals surface area contributed by atoms with Gasteiger partial charge in [-0.2, -0.15) is 0 Å². The Balaban J connectivity index is 3.02. The van der Waals surface area contributed by atoms with Gasteiger partial charge in [-0.25, -0.2) is 13.1 Å². The molecule has 0 bridgehead atoms. The Bertz CT molecular complexity index is 514. The van der Waals surface area contributed by atoms with E-state index in [4.69, 9.17) is 0 Å². The lowest BCUT2D eigenvalue weighted by atomic mass is 10.1. The van der Waals surface area contributed by atoms with Crippen molar-refractivity contribution in [3.05, 3.63) is 28.2 Å². The summed E-state index contributed by atoms with van der Waals surface area (Å²) in [5.74, 6) is 0.0290. The van der Waals surface area contributed by atoms with Gasteiger partial charge in [0.2, 0.25) is 10.0 Å². The first-order chi connectivity index (χ1) is 8.27. The van der Waals surface area contributed by atoms with Gasteiger partial charge in [-0.15, -0.1) is 0 Å². The molecule has 0 saturated carbocycles. The Morgan fingerprint density at radius 1 is 1.39 bits per heavy atom. The van der Waals surface area contributed by atoms with E-state index >= 15 is 0 Å². The van der Waals surface area contributed by atoms with Gasteiger partial charge in [-0.3, -0.25) is 0 Å². The highest BCUT2D eigenvalue weighted by Crippen LogP contribution is 2.20. The molecule has 1 aromatic carbocycles. The lowest BCUT2D eigenvalue weighted by Gasteiger charge is -2.20. The van der Waals surface area contributed by atoms with Gasteiger partial charge < -0.3 is 5.11 Å². The number of hydrogen-bond donors (Lipinski definition) is 2. The molecule has 0 unspecified atom stereocenters. The number of aliphatic hydroxyl groups excluding tert-OH is 1. The lowest BCUT2D eigenvalue weighted by Crippen LogP contribution is -2.41. The molecule has 0 amide bonds. The maximum Gasteiger partial charge on any atom is 0.240 e. The highest BCUT2D eigenvalue weighted by molar-refractivity contribution is 9.10. The standard InChI is InChI=1S/C12H18BrNO3S/c1-8(2)12(7-15)14-18(16,17)10-4-5-11(13)9(3)6-10/h4-6,8,12,14-15H,7H2,1-3H3/t12-/m1/s1. The van der Waals surface area contributed by atoms with E-state index in [0.717, 1.165) is 10.0 Å². The summed E-state index contributed by atoms with van der Waals surface area (Å²) in [6.07, 6.45) is 0. The van der Waals surface area contributed by atoms with Gasteiger partial charge in [-0.1, -0.05) is 29.8 Å². The molecule has 18 heavy (non-hydrogen) atoms. The summed E-state index contributed by atoms with van der Waals surface area (Å²) < 4.78 is 27.6. The molecule has 0 aliphatic rings. The van der Waals surface area contributed by atoms with Crippen LogP contribution in [-0.4, -0.2) is 26.2 Å².